The quantitative estimate of drug-likeness (QED) is 0.853. The summed E-state index contributed by atoms with van der Waals surface area (Å²) in [6.07, 6.45) is 0.395. The Hall–Kier alpha value is -2.05. The van der Waals surface area contributed by atoms with E-state index in [1.165, 1.54) is 4.90 Å². The zero-order chi connectivity index (χ0) is 17.4. The van der Waals surface area contributed by atoms with Crippen LogP contribution in [0.3, 0.4) is 0 Å². The van der Waals surface area contributed by atoms with Crippen LogP contribution in [0.25, 0.3) is 10.8 Å². The first-order valence-corrected chi connectivity index (χ1v) is 9.73. The van der Waals surface area contributed by atoms with Gasteiger partial charge in [0.15, 0.2) is 0 Å². The minimum atomic E-state index is -0.261. The predicted molar refractivity (Wildman–Crippen MR) is 101 cm³/mol. The fourth-order valence-electron chi connectivity index (χ4n) is 3.64. The fraction of sp³-hybridized carbons (Fsp3) is 0.368. The van der Waals surface area contributed by atoms with E-state index in [9.17, 15) is 9.59 Å². The minimum Gasteiger partial charge on any atom is -0.396 e. The molecule has 2 aromatic rings. The van der Waals surface area contributed by atoms with Gasteiger partial charge in [-0.2, -0.15) is 11.8 Å². The Morgan fingerprint density at radius 3 is 2.44 bits per heavy atom. The van der Waals surface area contributed by atoms with Gasteiger partial charge in [-0.15, -0.1) is 0 Å². The summed E-state index contributed by atoms with van der Waals surface area (Å²) in [6.45, 7) is 2.16. The number of carbonyl (C=O) groups excluding carboxylic acids is 2. The molecule has 25 heavy (non-hydrogen) atoms. The monoisotopic (exact) mass is 356 g/mol. The van der Waals surface area contributed by atoms with Crippen molar-refractivity contribution in [1.82, 2.24) is 4.90 Å². The average molecular weight is 356 g/mol. The van der Waals surface area contributed by atoms with Gasteiger partial charge in [0.05, 0.1) is 0 Å². The fourth-order valence-corrected chi connectivity index (χ4v) is 4.55. The van der Waals surface area contributed by atoms with Crippen molar-refractivity contribution in [2.75, 3.05) is 42.6 Å². The van der Waals surface area contributed by atoms with E-state index in [4.69, 9.17) is 5.11 Å². The first kappa shape index (κ1) is 16.4. The highest BCUT2D eigenvalue weighted by Crippen LogP contribution is 2.36. The number of amides is 2. The second-order valence-corrected chi connectivity index (χ2v) is 7.52. The first-order valence-electron chi connectivity index (χ1n) is 8.58. The molecule has 6 heteroatoms. The van der Waals surface area contributed by atoms with Crippen LogP contribution in [0.2, 0.25) is 0 Å². The number of aliphatic hydroxyl groups excluding tert-OH is 1. The maximum absolute atomic E-state index is 12.8. The molecule has 4 rings (SSSR count). The summed E-state index contributed by atoms with van der Waals surface area (Å²) < 4.78 is 0. The van der Waals surface area contributed by atoms with E-state index in [-0.39, 0.29) is 25.0 Å². The molecule has 2 aromatic carbocycles. The van der Waals surface area contributed by atoms with E-state index in [0.717, 1.165) is 41.1 Å². The lowest BCUT2D eigenvalue weighted by molar-refractivity contribution is 0.0601. The molecule has 0 bridgehead atoms. The highest BCUT2D eigenvalue weighted by atomic mass is 32.2. The zero-order valence-corrected chi connectivity index (χ0v) is 14.7. The molecule has 2 aliphatic heterocycles. The van der Waals surface area contributed by atoms with E-state index in [1.807, 2.05) is 36.0 Å². The van der Waals surface area contributed by atoms with Crippen molar-refractivity contribution in [2.45, 2.75) is 6.42 Å². The Bertz CT molecular complexity index is 824. The number of hydrogen-bond acceptors (Lipinski definition) is 5. The Labute approximate surface area is 150 Å². The molecule has 0 atom stereocenters. The van der Waals surface area contributed by atoms with Crippen LogP contribution in [-0.2, 0) is 0 Å². The van der Waals surface area contributed by atoms with Crippen molar-refractivity contribution in [1.29, 1.82) is 0 Å². The molecule has 0 aromatic heterocycles. The summed E-state index contributed by atoms with van der Waals surface area (Å²) >= 11 is 1.95. The lowest BCUT2D eigenvalue weighted by atomic mass is 9.92. The highest BCUT2D eigenvalue weighted by molar-refractivity contribution is 7.99. The van der Waals surface area contributed by atoms with Gasteiger partial charge < -0.3 is 10.0 Å². The van der Waals surface area contributed by atoms with Gasteiger partial charge >= 0.3 is 0 Å². The lowest BCUT2D eigenvalue weighted by Gasteiger charge is -2.32. The summed E-state index contributed by atoms with van der Waals surface area (Å²) in [4.78, 5) is 29.2. The van der Waals surface area contributed by atoms with Crippen molar-refractivity contribution in [3.8, 4) is 0 Å². The Morgan fingerprint density at radius 1 is 1.00 bits per heavy atom. The molecule has 2 heterocycles. The van der Waals surface area contributed by atoms with Gasteiger partial charge in [0.2, 0.25) is 0 Å². The second-order valence-electron chi connectivity index (χ2n) is 6.30. The largest absolute Gasteiger partial charge is 0.396 e. The molecule has 2 aliphatic rings. The molecule has 5 nitrogen and oxygen atoms in total. The summed E-state index contributed by atoms with van der Waals surface area (Å²) in [6, 6.07) is 9.55. The normalized spacial score (nSPS) is 17.5. The molecule has 0 radical (unpaired) electrons. The summed E-state index contributed by atoms with van der Waals surface area (Å²) in [7, 11) is 0. The molecule has 2 amide bonds. The van der Waals surface area contributed by atoms with Gasteiger partial charge in [-0.3, -0.25) is 14.5 Å². The zero-order valence-electron chi connectivity index (χ0n) is 13.9. The van der Waals surface area contributed by atoms with E-state index in [0.29, 0.717) is 17.5 Å². The number of anilines is 1. The van der Waals surface area contributed by atoms with Gasteiger partial charge in [-0.05, 0) is 24.6 Å². The second kappa shape index (κ2) is 6.69. The van der Waals surface area contributed by atoms with E-state index >= 15 is 0 Å². The standard InChI is InChI=1S/C19H20N2O3S/c22-10-2-7-21-18(23)14-4-1-3-13-16(20-8-11-25-12-9-20)6-5-15(17(13)14)19(21)24/h1,3-6,22H,2,7-12H2. The van der Waals surface area contributed by atoms with E-state index in [1.54, 1.807) is 6.07 Å². The van der Waals surface area contributed by atoms with Crippen LogP contribution in [0.15, 0.2) is 30.3 Å². The number of nitrogens with zero attached hydrogens (tertiary/aromatic N) is 2. The number of rotatable bonds is 4. The van der Waals surface area contributed by atoms with Crippen molar-refractivity contribution >= 4 is 40.0 Å². The molecule has 0 spiro atoms. The Morgan fingerprint density at radius 2 is 1.72 bits per heavy atom. The van der Waals surface area contributed by atoms with Crippen molar-refractivity contribution < 1.29 is 14.7 Å². The Balaban J connectivity index is 1.85. The lowest BCUT2D eigenvalue weighted by Crippen LogP contribution is -2.41. The Kier molecular flexibility index (Phi) is 4.39. The van der Waals surface area contributed by atoms with Crippen molar-refractivity contribution in [3.05, 3.63) is 41.5 Å². The molecule has 1 saturated heterocycles. The van der Waals surface area contributed by atoms with Crippen LogP contribution in [-0.4, -0.2) is 59.6 Å². The molecule has 1 fully saturated rings. The molecule has 130 valence electrons. The smallest absolute Gasteiger partial charge is 0.261 e. The number of aliphatic hydroxyl groups is 1. The number of thioether (sulfide) groups is 1. The van der Waals surface area contributed by atoms with Crippen molar-refractivity contribution in [3.63, 3.8) is 0 Å². The maximum Gasteiger partial charge on any atom is 0.261 e. The highest BCUT2D eigenvalue weighted by Gasteiger charge is 2.33. The average Bonchev–Trinajstić information content (AvgIpc) is 2.66. The van der Waals surface area contributed by atoms with Gasteiger partial charge in [0.25, 0.3) is 11.8 Å². The van der Waals surface area contributed by atoms with Crippen LogP contribution < -0.4 is 4.90 Å². The van der Waals surface area contributed by atoms with Crippen LogP contribution in [0, 0.1) is 0 Å². The third kappa shape index (κ3) is 2.69. The topological polar surface area (TPSA) is 60.9 Å². The van der Waals surface area contributed by atoms with E-state index < -0.39 is 0 Å². The number of imide groups is 1. The SMILES string of the molecule is O=C1c2cccc3c(N4CCSCC4)ccc(c23)C(=O)N1CCCO. The van der Waals surface area contributed by atoms with Crippen LogP contribution >= 0.6 is 11.8 Å². The number of hydrogen-bond donors (Lipinski definition) is 1. The van der Waals surface area contributed by atoms with E-state index in [2.05, 4.69) is 4.90 Å². The van der Waals surface area contributed by atoms with Crippen LogP contribution in [0.1, 0.15) is 27.1 Å². The molecule has 0 saturated carbocycles. The summed E-state index contributed by atoms with van der Waals surface area (Å²) in [5.41, 5.74) is 2.27. The van der Waals surface area contributed by atoms with Gasteiger partial charge in [-0.25, -0.2) is 0 Å². The minimum absolute atomic E-state index is 0.0416. The molecule has 1 N–H and O–H groups in total. The van der Waals surface area contributed by atoms with Crippen LogP contribution in [0.4, 0.5) is 5.69 Å². The molecular formula is C19H20N2O3S. The molecule has 0 unspecified atom stereocenters. The summed E-state index contributed by atoms with van der Waals surface area (Å²) in [5.74, 6) is 1.66. The number of carbonyl (C=O) groups is 2. The summed E-state index contributed by atoms with van der Waals surface area (Å²) in [5, 5.41) is 10.8. The van der Waals surface area contributed by atoms with Crippen molar-refractivity contribution in [2.24, 2.45) is 0 Å². The predicted octanol–water partition coefficient (Wildman–Crippen LogP) is 2.37. The third-order valence-electron chi connectivity index (χ3n) is 4.86. The maximum atomic E-state index is 12.8. The third-order valence-corrected chi connectivity index (χ3v) is 5.80. The molecule has 0 aliphatic carbocycles. The molecular weight excluding hydrogens is 336 g/mol. The van der Waals surface area contributed by atoms with Gasteiger partial charge in [-0.1, -0.05) is 12.1 Å². The first-order chi connectivity index (χ1) is 12.2. The number of benzene rings is 2. The van der Waals surface area contributed by atoms with Crippen LogP contribution in [0.5, 0.6) is 0 Å². The van der Waals surface area contributed by atoms with Gasteiger partial charge in [0.1, 0.15) is 0 Å². The van der Waals surface area contributed by atoms with Gasteiger partial charge in [0, 0.05) is 65.3 Å².